The number of aryl methyl sites for hydroxylation is 1. The molecule has 0 radical (unpaired) electrons. The maximum Gasteiger partial charge on any atom is 0.236 e. The minimum Gasteiger partial charge on any atom is -0.440 e. The summed E-state index contributed by atoms with van der Waals surface area (Å²) in [5.41, 5.74) is 0.819. The van der Waals surface area contributed by atoms with Crippen molar-refractivity contribution in [2.45, 2.75) is 12.8 Å². The first-order valence-corrected chi connectivity index (χ1v) is 6.64. The molecule has 3 rings (SSSR count). The number of halogens is 1. The molecule has 17 heavy (non-hydrogen) atoms. The standard InChI is InChI=1S/C13H10ClNOS/c1-8-10(7-14)15-13(16-8)12-6-9-4-2-3-5-11(9)17-12/h2-6H,7H2,1H3. The highest BCUT2D eigenvalue weighted by molar-refractivity contribution is 7.22. The van der Waals surface area contributed by atoms with Crippen molar-refractivity contribution >= 4 is 33.0 Å². The zero-order chi connectivity index (χ0) is 11.8. The minimum absolute atomic E-state index is 0.389. The Kier molecular flexibility index (Phi) is 2.65. The predicted octanol–water partition coefficient (Wildman–Crippen LogP) is 4.60. The van der Waals surface area contributed by atoms with Gasteiger partial charge >= 0.3 is 0 Å². The Morgan fingerprint density at radius 1 is 1.35 bits per heavy atom. The van der Waals surface area contributed by atoms with Crippen LogP contribution in [0.4, 0.5) is 0 Å². The SMILES string of the molecule is Cc1oc(-c2cc3ccccc3s2)nc1CCl. The average molecular weight is 264 g/mol. The van der Waals surface area contributed by atoms with Gasteiger partial charge in [0.25, 0.3) is 0 Å². The number of hydrogen-bond acceptors (Lipinski definition) is 3. The molecule has 2 aromatic heterocycles. The van der Waals surface area contributed by atoms with Gasteiger partial charge in [-0.2, -0.15) is 0 Å². The Morgan fingerprint density at radius 3 is 2.88 bits per heavy atom. The third-order valence-electron chi connectivity index (χ3n) is 2.66. The summed E-state index contributed by atoms with van der Waals surface area (Å²) in [4.78, 5) is 5.45. The van der Waals surface area contributed by atoms with Gasteiger partial charge in [-0.3, -0.25) is 0 Å². The summed E-state index contributed by atoms with van der Waals surface area (Å²) in [5.74, 6) is 1.85. The molecule has 1 aromatic carbocycles. The number of thiophene rings is 1. The number of hydrogen-bond donors (Lipinski definition) is 0. The van der Waals surface area contributed by atoms with Crippen molar-refractivity contribution in [3.63, 3.8) is 0 Å². The van der Waals surface area contributed by atoms with Gasteiger partial charge in [-0.1, -0.05) is 18.2 Å². The lowest BCUT2D eigenvalue weighted by molar-refractivity contribution is 0.542. The molecule has 0 saturated heterocycles. The van der Waals surface area contributed by atoms with Crippen molar-refractivity contribution in [2.75, 3.05) is 0 Å². The molecule has 0 N–H and O–H groups in total. The fraction of sp³-hybridized carbons (Fsp3) is 0.154. The number of oxazole rings is 1. The lowest BCUT2D eigenvalue weighted by Crippen LogP contribution is -1.79. The van der Waals surface area contributed by atoms with Crippen LogP contribution in [0.1, 0.15) is 11.5 Å². The quantitative estimate of drug-likeness (QED) is 0.632. The molecule has 4 heteroatoms. The zero-order valence-corrected chi connectivity index (χ0v) is 10.8. The minimum atomic E-state index is 0.389. The van der Waals surface area contributed by atoms with Gasteiger partial charge in [-0.05, 0) is 24.4 Å². The number of nitrogens with zero attached hydrogens (tertiary/aromatic N) is 1. The van der Waals surface area contributed by atoms with Gasteiger partial charge in [0.2, 0.25) is 5.89 Å². The van der Waals surface area contributed by atoms with E-state index in [2.05, 4.69) is 23.2 Å². The molecule has 0 aliphatic heterocycles. The van der Waals surface area contributed by atoms with E-state index in [0.29, 0.717) is 11.8 Å². The topological polar surface area (TPSA) is 26.0 Å². The van der Waals surface area contributed by atoms with Crippen LogP contribution in [0.3, 0.4) is 0 Å². The van der Waals surface area contributed by atoms with E-state index in [1.54, 1.807) is 11.3 Å². The lowest BCUT2D eigenvalue weighted by atomic mass is 10.2. The van der Waals surface area contributed by atoms with E-state index in [4.69, 9.17) is 16.0 Å². The molecule has 0 spiro atoms. The maximum atomic E-state index is 5.79. The third-order valence-corrected chi connectivity index (χ3v) is 4.01. The van der Waals surface area contributed by atoms with Crippen LogP contribution < -0.4 is 0 Å². The monoisotopic (exact) mass is 263 g/mol. The Labute approximate surface area is 108 Å². The molecule has 0 fully saturated rings. The molecule has 2 heterocycles. The number of fused-ring (bicyclic) bond motifs is 1. The zero-order valence-electron chi connectivity index (χ0n) is 9.24. The van der Waals surface area contributed by atoms with E-state index < -0.39 is 0 Å². The second-order valence-electron chi connectivity index (χ2n) is 3.80. The summed E-state index contributed by atoms with van der Waals surface area (Å²) in [5, 5.41) is 1.22. The van der Waals surface area contributed by atoms with Gasteiger partial charge in [0.15, 0.2) is 0 Å². The molecule has 0 bridgehead atoms. The molecule has 0 atom stereocenters. The van der Waals surface area contributed by atoms with E-state index >= 15 is 0 Å². The van der Waals surface area contributed by atoms with Crippen molar-refractivity contribution in [2.24, 2.45) is 0 Å². The van der Waals surface area contributed by atoms with Crippen LogP contribution in [0.15, 0.2) is 34.7 Å². The fourth-order valence-corrected chi connectivity index (χ4v) is 2.98. The Bertz CT molecular complexity index is 638. The summed E-state index contributed by atoms with van der Waals surface area (Å²) >= 11 is 7.48. The highest BCUT2D eigenvalue weighted by atomic mass is 35.5. The van der Waals surface area contributed by atoms with Crippen molar-refractivity contribution in [3.8, 4) is 10.8 Å². The van der Waals surface area contributed by atoms with Crippen molar-refractivity contribution in [3.05, 3.63) is 41.8 Å². The summed E-state index contributed by atoms with van der Waals surface area (Å²) in [7, 11) is 0. The summed E-state index contributed by atoms with van der Waals surface area (Å²) in [6.07, 6.45) is 0. The highest BCUT2D eigenvalue weighted by Gasteiger charge is 2.12. The molecule has 2 nitrogen and oxygen atoms in total. The van der Waals surface area contributed by atoms with Crippen LogP contribution in [0.25, 0.3) is 20.9 Å². The Balaban J connectivity index is 2.13. The van der Waals surface area contributed by atoms with Crippen LogP contribution in [0.5, 0.6) is 0 Å². The van der Waals surface area contributed by atoms with Crippen molar-refractivity contribution < 1.29 is 4.42 Å². The van der Waals surface area contributed by atoms with Gasteiger partial charge in [-0.25, -0.2) is 4.98 Å². The number of rotatable bonds is 2. The van der Waals surface area contributed by atoms with E-state index in [9.17, 15) is 0 Å². The van der Waals surface area contributed by atoms with E-state index in [1.165, 1.54) is 10.1 Å². The second kappa shape index (κ2) is 4.17. The molecule has 3 aromatic rings. The predicted molar refractivity (Wildman–Crippen MR) is 71.6 cm³/mol. The third kappa shape index (κ3) is 1.85. The molecule has 0 aliphatic carbocycles. The molecule has 0 aliphatic rings. The average Bonchev–Trinajstić information content (AvgIpc) is 2.91. The van der Waals surface area contributed by atoms with Gasteiger partial charge in [0, 0.05) is 4.70 Å². The molecule has 0 saturated carbocycles. The smallest absolute Gasteiger partial charge is 0.236 e. The van der Waals surface area contributed by atoms with E-state index in [-0.39, 0.29) is 0 Å². The molecular formula is C13H10ClNOS. The Hall–Kier alpha value is -1.32. The number of alkyl halides is 1. The molecule has 0 unspecified atom stereocenters. The first kappa shape index (κ1) is 10.8. The van der Waals surface area contributed by atoms with Gasteiger partial charge in [-0.15, -0.1) is 22.9 Å². The van der Waals surface area contributed by atoms with Gasteiger partial charge in [0.05, 0.1) is 16.5 Å². The summed E-state index contributed by atoms with van der Waals surface area (Å²) in [6, 6.07) is 10.4. The largest absolute Gasteiger partial charge is 0.440 e. The highest BCUT2D eigenvalue weighted by Crippen LogP contribution is 2.33. The summed E-state index contributed by atoms with van der Waals surface area (Å²) < 4.78 is 6.88. The van der Waals surface area contributed by atoms with Crippen LogP contribution >= 0.6 is 22.9 Å². The Morgan fingerprint density at radius 2 is 2.18 bits per heavy atom. The van der Waals surface area contributed by atoms with Crippen molar-refractivity contribution in [1.82, 2.24) is 4.98 Å². The first-order valence-electron chi connectivity index (χ1n) is 5.29. The van der Waals surface area contributed by atoms with Crippen LogP contribution in [0.2, 0.25) is 0 Å². The fourth-order valence-electron chi connectivity index (χ4n) is 1.74. The van der Waals surface area contributed by atoms with E-state index in [1.807, 2.05) is 19.1 Å². The maximum absolute atomic E-state index is 5.79. The number of aromatic nitrogens is 1. The van der Waals surface area contributed by atoms with Gasteiger partial charge < -0.3 is 4.42 Å². The van der Waals surface area contributed by atoms with Gasteiger partial charge in [0.1, 0.15) is 5.76 Å². The van der Waals surface area contributed by atoms with Crippen LogP contribution in [-0.4, -0.2) is 4.98 Å². The van der Waals surface area contributed by atoms with Crippen molar-refractivity contribution in [1.29, 1.82) is 0 Å². The molecular weight excluding hydrogens is 254 g/mol. The molecule has 0 amide bonds. The van der Waals surface area contributed by atoms with E-state index in [0.717, 1.165) is 16.3 Å². The molecule has 86 valence electrons. The van der Waals surface area contributed by atoms with Crippen LogP contribution in [-0.2, 0) is 5.88 Å². The first-order chi connectivity index (χ1) is 8.28. The second-order valence-corrected chi connectivity index (χ2v) is 5.16. The van der Waals surface area contributed by atoms with Crippen LogP contribution in [0, 0.1) is 6.92 Å². The number of benzene rings is 1. The lowest BCUT2D eigenvalue weighted by Gasteiger charge is -1.85. The normalized spacial score (nSPS) is 11.2. The summed E-state index contributed by atoms with van der Waals surface area (Å²) in [6.45, 7) is 1.89.